The minimum absolute atomic E-state index is 0.0137. The normalized spacial score (nSPS) is 17.2. The summed E-state index contributed by atoms with van der Waals surface area (Å²) in [6, 6.07) is 6.03. The number of ketones is 1. The minimum atomic E-state index is -4.37. The summed E-state index contributed by atoms with van der Waals surface area (Å²) in [4.78, 5) is 30.2. The molecule has 2 aromatic rings. The Hall–Kier alpha value is -3.30. The molecule has 0 radical (unpaired) electrons. The van der Waals surface area contributed by atoms with E-state index in [1.165, 1.54) is 44.4 Å². The lowest BCUT2D eigenvalue weighted by atomic mass is 9.86. The first kappa shape index (κ1) is 25.3. The quantitative estimate of drug-likeness (QED) is 0.594. The van der Waals surface area contributed by atoms with E-state index < -0.39 is 30.5 Å². The Morgan fingerprint density at radius 1 is 1.24 bits per heavy atom. The highest BCUT2D eigenvalue weighted by Crippen LogP contribution is 2.43. The maximum atomic E-state index is 13.3. The molecule has 2 unspecified atom stereocenters. The molecule has 7 nitrogen and oxygen atoms in total. The van der Waals surface area contributed by atoms with Crippen molar-refractivity contribution in [2.24, 2.45) is 5.92 Å². The van der Waals surface area contributed by atoms with Gasteiger partial charge >= 0.3 is 6.18 Å². The largest absolute Gasteiger partial charge is 0.507 e. The van der Waals surface area contributed by atoms with E-state index in [0.29, 0.717) is 11.3 Å². The third-order valence-electron chi connectivity index (χ3n) is 6.06. The van der Waals surface area contributed by atoms with Crippen LogP contribution in [0.5, 0.6) is 17.2 Å². The van der Waals surface area contributed by atoms with Crippen LogP contribution in [-0.2, 0) is 4.79 Å². The second-order valence-corrected chi connectivity index (χ2v) is 8.27. The van der Waals surface area contributed by atoms with Gasteiger partial charge in [0.15, 0.2) is 5.78 Å². The zero-order chi connectivity index (χ0) is 25.0. The smallest absolute Gasteiger partial charge is 0.393 e. The van der Waals surface area contributed by atoms with Crippen molar-refractivity contribution in [1.82, 2.24) is 9.88 Å². The number of Topliss-reactive ketones (excluding diaryl/α,β-unsaturated/α-hetero) is 1. The zero-order valence-corrected chi connectivity index (χ0v) is 19.2. The monoisotopic (exact) mass is 480 g/mol. The molecule has 1 amide bonds. The van der Waals surface area contributed by atoms with Crippen LogP contribution in [0.2, 0.25) is 0 Å². The van der Waals surface area contributed by atoms with Crippen LogP contribution in [0.1, 0.15) is 53.7 Å². The van der Waals surface area contributed by atoms with E-state index in [1.807, 2.05) is 0 Å². The van der Waals surface area contributed by atoms with Crippen LogP contribution in [0, 0.1) is 5.92 Å². The molecule has 2 atom stereocenters. The molecule has 34 heavy (non-hydrogen) atoms. The van der Waals surface area contributed by atoms with Gasteiger partial charge < -0.3 is 19.5 Å². The number of nitrogens with zero attached hydrogens (tertiary/aromatic N) is 2. The summed E-state index contributed by atoms with van der Waals surface area (Å²) in [6.07, 6.45) is -2.93. The van der Waals surface area contributed by atoms with Gasteiger partial charge in [-0.15, -0.1) is 0 Å². The molecule has 184 valence electrons. The fourth-order valence-electron chi connectivity index (χ4n) is 4.21. The van der Waals surface area contributed by atoms with Gasteiger partial charge in [-0.25, -0.2) is 0 Å². The van der Waals surface area contributed by atoms with E-state index in [1.54, 1.807) is 12.1 Å². The Balaban J connectivity index is 1.99. The third-order valence-corrected chi connectivity index (χ3v) is 6.06. The van der Waals surface area contributed by atoms with Crippen LogP contribution in [0.25, 0.3) is 0 Å². The summed E-state index contributed by atoms with van der Waals surface area (Å²) < 4.78 is 50.4. The number of phenols is 1. The van der Waals surface area contributed by atoms with Crippen molar-refractivity contribution in [3.05, 3.63) is 47.3 Å². The van der Waals surface area contributed by atoms with Crippen molar-refractivity contribution < 1.29 is 37.3 Å². The average Bonchev–Trinajstić information content (AvgIpc) is 2.81. The lowest BCUT2D eigenvalue weighted by Gasteiger charge is -2.34. The van der Waals surface area contributed by atoms with Gasteiger partial charge in [-0.1, -0.05) is 6.07 Å². The molecule has 1 aliphatic heterocycles. The highest BCUT2D eigenvalue weighted by Gasteiger charge is 2.43. The fourth-order valence-corrected chi connectivity index (χ4v) is 4.21. The Bertz CT molecular complexity index is 1040. The van der Waals surface area contributed by atoms with Gasteiger partial charge in [0.25, 0.3) is 0 Å². The summed E-state index contributed by atoms with van der Waals surface area (Å²) in [5.74, 6) is -2.69. The molecule has 0 bridgehead atoms. The van der Waals surface area contributed by atoms with Crippen molar-refractivity contribution in [2.45, 2.75) is 38.3 Å². The molecule has 1 aromatic carbocycles. The molecule has 1 aromatic heterocycles. The topological polar surface area (TPSA) is 89.0 Å². The first-order valence-corrected chi connectivity index (χ1v) is 10.8. The van der Waals surface area contributed by atoms with Gasteiger partial charge in [0.2, 0.25) is 5.91 Å². The summed E-state index contributed by atoms with van der Waals surface area (Å²) in [7, 11) is 2.82. The van der Waals surface area contributed by atoms with Crippen molar-refractivity contribution in [1.29, 1.82) is 0 Å². The average molecular weight is 480 g/mol. The second kappa shape index (κ2) is 10.3. The number of phenolic OH excluding ortho intramolecular Hbond substituents is 1. The Morgan fingerprint density at radius 3 is 2.53 bits per heavy atom. The highest BCUT2D eigenvalue weighted by molar-refractivity contribution is 5.92. The summed E-state index contributed by atoms with van der Waals surface area (Å²) in [5, 5.41) is 10.8. The number of carbonyl (C=O) groups excluding carboxylic acids is 2. The number of ether oxygens (including phenoxy) is 2. The molecule has 0 saturated carbocycles. The van der Waals surface area contributed by atoms with Gasteiger partial charge in [-0.05, 0) is 24.5 Å². The van der Waals surface area contributed by atoms with Gasteiger partial charge in [-0.2, -0.15) is 13.2 Å². The van der Waals surface area contributed by atoms with E-state index in [4.69, 9.17) is 9.47 Å². The number of hydrogen-bond acceptors (Lipinski definition) is 6. The number of alkyl halides is 3. The number of likely N-dealkylation sites (tertiary alicyclic amines) is 1. The lowest BCUT2D eigenvalue weighted by Crippen LogP contribution is -2.45. The van der Waals surface area contributed by atoms with Crippen molar-refractivity contribution in [2.75, 3.05) is 27.3 Å². The fraction of sp³-hybridized carbons (Fsp3) is 0.458. The molecule has 2 heterocycles. The SMILES string of the molecule is COc1cc(O)c(C(CC(=O)N2CCCC(C(F)(F)F)C2)c2ccc(C(C)=O)nc2)c(OC)c1. The lowest BCUT2D eigenvalue weighted by molar-refractivity contribution is -0.188. The molecule has 0 spiro atoms. The number of benzene rings is 1. The highest BCUT2D eigenvalue weighted by atomic mass is 19.4. The first-order chi connectivity index (χ1) is 16.0. The Morgan fingerprint density at radius 2 is 1.97 bits per heavy atom. The van der Waals surface area contributed by atoms with Crippen LogP contribution in [0.3, 0.4) is 0 Å². The first-order valence-electron chi connectivity index (χ1n) is 10.8. The van der Waals surface area contributed by atoms with E-state index in [0.717, 1.165) is 0 Å². The number of methoxy groups -OCH3 is 2. The number of piperidine rings is 1. The predicted molar refractivity (Wildman–Crippen MR) is 117 cm³/mol. The minimum Gasteiger partial charge on any atom is -0.507 e. The van der Waals surface area contributed by atoms with Gasteiger partial charge in [0, 0.05) is 56.2 Å². The number of carbonyl (C=O) groups is 2. The maximum absolute atomic E-state index is 13.3. The van der Waals surface area contributed by atoms with E-state index in [2.05, 4.69) is 4.98 Å². The number of pyridine rings is 1. The molecule has 3 rings (SSSR count). The Labute approximate surface area is 195 Å². The van der Waals surface area contributed by atoms with Crippen LogP contribution in [0.15, 0.2) is 30.5 Å². The Kier molecular flexibility index (Phi) is 7.68. The summed E-state index contributed by atoms with van der Waals surface area (Å²) in [6.45, 7) is 1.20. The van der Waals surface area contributed by atoms with Crippen molar-refractivity contribution in [3.8, 4) is 17.2 Å². The molecule has 1 aliphatic rings. The molecule has 1 fully saturated rings. The van der Waals surface area contributed by atoms with Crippen LogP contribution < -0.4 is 9.47 Å². The van der Waals surface area contributed by atoms with Crippen molar-refractivity contribution >= 4 is 11.7 Å². The second-order valence-electron chi connectivity index (χ2n) is 8.27. The molecule has 1 saturated heterocycles. The number of halogens is 3. The van der Waals surface area contributed by atoms with Crippen LogP contribution in [-0.4, -0.2) is 60.2 Å². The molecular formula is C24H27F3N2O5. The van der Waals surface area contributed by atoms with E-state index in [9.17, 15) is 27.9 Å². The predicted octanol–water partition coefficient (Wildman–Crippen LogP) is 4.33. The van der Waals surface area contributed by atoms with Crippen LogP contribution >= 0.6 is 0 Å². The summed E-state index contributed by atoms with van der Waals surface area (Å²) in [5.41, 5.74) is 1.00. The van der Waals surface area contributed by atoms with Gasteiger partial charge in [0.05, 0.1) is 20.1 Å². The number of amides is 1. The molecule has 10 heteroatoms. The number of aromatic hydroxyl groups is 1. The van der Waals surface area contributed by atoms with Gasteiger partial charge in [0.1, 0.15) is 22.9 Å². The standard InChI is InChI=1S/C24H27F3N2O5/c1-14(30)19-7-6-15(12-28-19)18(23-20(31)9-17(33-2)10-21(23)34-3)11-22(32)29-8-4-5-16(13-29)24(25,26)27/h6-7,9-10,12,16,18,31H,4-5,8,11,13H2,1-3H3. The maximum Gasteiger partial charge on any atom is 0.393 e. The van der Waals surface area contributed by atoms with Crippen LogP contribution in [0.4, 0.5) is 13.2 Å². The number of hydrogen-bond donors (Lipinski definition) is 1. The van der Waals surface area contributed by atoms with E-state index in [-0.39, 0.29) is 54.3 Å². The van der Waals surface area contributed by atoms with Gasteiger partial charge in [-0.3, -0.25) is 14.6 Å². The molecule has 0 aliphatic carbocycles. The third kappa shape index (κ3) is 5.60. The van der Waals surface area contributed by atoms with Crippen molar-refractivity contribution in [3.63, 3.8) is 0 Å². The molecule has 1 N–H and O–H groups in total. The summed E-state index contributed by atoms with van der Waals surface area (Å²) >= 11 is 0. The molecular weight excluding hydrogens is 453 g/mol. The van der Waals surface area contributed by atoms with E-state index >= 15 is 0 Å². The number of rotatable bonds is 7. The number of aromatic nitrogens is 1. The zero-order valence-electron chi connectivity index (χ0n) is 19.2.